The average Bonchev–Trinajstić information content (AvgIpc) is 2.84. The molecule has 5 N–H and O–H groups in total. The zero-order valence-electron chi connectivity index (χ0n) is 19.1. The number of carbonyl (C=O) groups is 1. The van der Waals surface area contributed by atoms with Crippen molar-refractivity contribution in [3.05, 3.63) is 64.8 Å². The maximum Gasteiger partial charge on any atom is 0.319 e. The topological polar surface area (TPSA) is 137 Å². The number of carbonyl (C=O) groups excluding carboxylic acids is 1. The quantitative estimate of drug-likeness (QED) is 0.315. The molecule has 1 aliphatic heterocycles. The number of halogens is 1. The summed E-state index contributed by atoms with van der Waals surface area (Å²) >= 11 is 6.31. The van der Waals surface area contributed by atoms with Crippen LogP contribution in [0.15, 0.2) is 48.7 Å². The van der Waals surface area contributed by atoms with Crippen molar-refractivity contribution in [2.45, 2.75) is 19.8 Å². The fourth-order valence-electron chi connectivity index (χ4n) is 3.52. The minimum Gasteiger partial charge on any atom is -0.339 e. The SMILES string of the molecule is CCS(=O)(=O)NCCNC(=O)Nc1ccc2cc1CCc1cccc(c1)Nc1ncc(Cl)c(n1)N2. The summed E-state index contributed by atoms with van der Waals surface area (Å²) in [6, 6.07) is 13.1. The van der Waals surface area contributed by atoms with E-state index >= 15 is 0 Å². The van der Waals surface area contributed by atoms with Gasteiger partial charge in [-0.25, -0.2) is 22.9 Å². The Morgan fingerprint density at radius 3 is 2.74 bits per heavy atom. The zero-order chi connectivity index (χ0) is 24.8. The minimum absolute atomic E-state index is 0.0105. The predicted octanol–water partition coefficient (Wildman–Crippen LogP) is 3.78. The molecular weight excluding hydrogens is 490 g/mol. The number of fused-ring (bicyclic) bond motifs is 6. The van der Waals surface area contributed by atoms with Crippen LogP contribution in [-0.2, 0) is 22.9 Å². The molecule has 0 radical (unpaired) electrons. The lowest BCUT2D eigenvalue weighted by Crippen LogP contribution is -2.37. The molecule has 0 atom stereocenters. The number of hydrogen-bond acceptors (Lipinski definition) is 7. The lowest BCUT2D eigenvalue weighted by molar-refractivity contribution is 0.252. The molecule has 35 heavy (non-hydrogen) atoms. The van der Waals surface area contributed by atoms with Gasteiger partial charge in [-0.15, -0.1) is 0 Å². The van der Waals surface area contributed by atoms with Crippen molar-refractivity contribution in [3.8, 4) is 0 Å². The van der Waals surface area contributed by atoms with E-state index in [1.807, 2.05) is 36.4 Å². The molecule has 0 saturated carbocycles. The molecule has 1 aliphatic rings. The number of nitrogens with one attached hydrogen (secondary N) is 5. The van der Waals surface area contributed by atoms with Crippen LogP contribution in [0.3, 0.4) is 0 Å². The normalized spacial score (nSPS) is 12.7. The van der Waals surface area contributed by atoms with Gasteiger partial charge in [-0.05, 0) is 61.2 Å². The molecule has 6 bridgehead atoms. The predicted molar refractivity (Wildman–Crippen MR) is 138 cm³/mol. The van der Waals surface area contributed by atoms with Gasteiger partial charge in [-0.2, -0.15) is 4.98 Å². The van der Waals surface area contributed by atoms with E-state index in [4.69, 9.17) is 11.6 Å². The van der Waals surface area contributed by atoms with Gasteiger partial charge >= 0.3 is 6.03 Å². The second-order valence-corrected chi connectivity index (χ2v) is 10.4. The molecule has 2 heterocycles. The fraction of sp³-hybridized carbons (Fsp3) is 0.261. The second-order valence-electron chi connectivity index (χ2n) is 7.89. The first-order valence-corrected chi connectivity index (χ1v) is 13.1. The van der Waals surface area contributed by atoms with Gasteiger partial charge in [0.2, 0.25) is 16.0 Å². The molecule has 2 aromatic carbocycles. The Morgan fingerprint density at radius 2 is 1.91 bits per heavy atom. The fourth-order valence-corrected chi connectivity index (χ4v) is 4.27. The Balaban J connectivity index is 1.54. The van der Waals surface area contributed by atoms with Crippen LogP contribution in [0.25, 0.3) is 0 Å². The van der Waals surface area contributed by atoms with E-state index in [1.54, 1.807) is 13.0 Å². The Morgan fingerprint density at radius 1 is 1.09 bits per heavy atom. The van der Waals surface area contributed by atoms with Gasteiger partial charge in [-0.1, -0.05) is 23.7 Å². The van der Waals surface area contributed by atoms with Crippen LogP contribution in [0.4, 0.5) is 33.6 Å². The van der Waals surface area contributed by atoms with Crippen LogP contribution >= 0.6 is 11.6 Å². The molecule has 0 fully saturated rings. The van der Waals surface area contributed by atoms with Gasteiger partial charge in [0.25, 0.3) is 0 Å². The molecule has 12 heteroatoms. The highest BCUT2D eigenvalue weighted by atomic mass is 35.5. The molecule has 4 rings (SSSR count). The highest BCUT2D eigenvalue weighted by molar-refractivity contribution is 7.89. The van der Waals surface area contributed by atoms with E-state index in [9.17, 15) is 13.2 Å². The summed E-state index contributed by atoms with van der Waals surface area (Å²) in [6.45, 7) is 1.83. The first-order valence-electron chi connectivity index (χ1n) is 11.1. The lowest BCUT2D eigenvalue weighted by atomic mass is 10.0. The van der Waals surface area contributed by atoms with Gasteiger partial charge < -0.3 is 21.3 Å². The summed E-state index contributed by atoms with van der Waals surface area (Å²) in [5, 5.41) is 12.3. The van der Waals surface area contributed by atoms with Gasteiger partial charge in [0, 0.05) is 30.2 Å². The van der Waals surface area contributed by atoms with E-state index < -0.39 is 16.1 Å². The number of sulfonamides is 1. The second kappa shape index (κ2) is 10.9. The molecule has 3 aromatic rings. The van der Waals surface area contributed by atoms with Crippen LogP contribution in [0.2, 0.25) is 5.02 Å². The van der Waals surface area contributed by atoms with E-state index in [2.05, 4.69) is 36.0 Å². The van der Waals surface area contributed by atoms with E-state index in [0.717, 1.165) is 28.9 Å². The molecular formula is C23H26ClN7O3S. The number of anilines is 5. The first-order chi connectivity index (χ1) is 16.8. The Hall–Kier alpha value is -3.41. The van der Waals surface area contributed by atoms with Crippen molar-refractivity contribution in [2.75, 3.05) is 34.8 Å². The lowest BCUT2D eigenvalue weighted by Gasteiger charge is -2.15. The summed E-state index contributed by atoms with van der Waals surface area (Å²) < 4.78 is 25.4. The number of amides is 2. The summed E-state index contributed by atoms with van der Waals surface area (Å²) in [6.07, 6.45) is 2.94. The number of rotatable bonds is 6. The van der Waals surface area contributed by atoms with Crippen molar-refractivity contribution in [3.63, 3.8) is 0 Å². The van der Waals surface area contributed by atoms with Gasteiger partial charge in [0.1, 0.15) is 5.02 Å². The number of benzene rings is 2. The van der Waals surface area contributed by atoms with Crippen LogP contribution in [-0.4, -0.2) is 43.3 Å². The number of urea groups is 1. The third kappa shape index (κ3) is 6.81. The third-order valence-electron chi connectivity index (χ3n) is 5.34. The number of nitrogens with zero attached hydrogens (tertiary/aromatic N) is 2. The standard InChI is InChI=1S/C23H26ClN7O3S/c1-2-35(33,34)27-11-10-25-23(32)30-20-9-8-18-13-16(20)7-6-15-4-3-5-17(12-15)29-22-26-14-19(24)21(28-18)31-22/h3-5,8-9,12-14,27H,2,6-7,10-11H2,1H3,(H2,25,30,32)(H2,26,28,29,31). The van der Waals surface area contributed by atoms with Crippen LogP contribution in [0.5, 0.6) is 0 Å². The molecule has 1 aromatic heterocycles. The summed E-state index contributed by atoms with van der Waals surface area (Å²) in [4.78, 5) is 21.2. The van der Waals surface area contributed by atoms with E-state index in [1.165, 1.54) is 6.20 Å². The smallest absolute Gasteiger partial charge is 0.319 e. The largest absolute Gasteiger partial charge is 0.339 e. The van der Waals surface area contributed by atoms with E-state index in [0.29, 0.717) is 28.9 Å². The van der Waals surface area contributed by atoms with Crippen LogP contribution in [0.1, 0.15) is 18.1 Å². The van der Waals surface area contributed by atoms with Gasteiger partial charge in [0.15, 0.2) is 5.82 Å². The van der Waals surface area contributed by atoms with Crippen molar-refractivity contribution >= 4 is 56.5 Å². The molecule has 0 spiro atoms. The molecule has 184 valence electrons. The van der Waals surface area contributed by atoms with Crippen molar-refractivity contribution in [2.24, 2.45) is 0 Å². The van der Waals surface area contributed by atoms with Crippen LogP contribution < -0.4 is 26.0 Å². The molecule has 0 saturated heterocycles. The average molecular weight is 516 g/mol. The highest BCUT2D eigenvalue weighted by Crippen LogP contribution is 2.29. The Bertz CT molecular complexity index is 1330. The van der Waals surface area contributed by atoms with Crippen molar-refractivity contribution < 1.29 is 13.2 Å². The van der Waals surface area contributed by atoms with Crippen molar-refractivity contribution in [1.82, 2.24) is 20.0 Å². The Kier molecular flexibility index (Phi) is 7.69. The summed E-state index contributed by atoms with van der Waals surface area (Å²) in [7, 11) is -3.30. The number of aromatic nitrogens is 2. The minimum atomic E-state index is -3.30. The number of aryl methyl sites for hydroxylation is 2. The molecule has 0 unspecified atom stereocenters. The van der Waals surface area contributed by atoms with Crippen LogP contribution in [0, 0.1) is 0 Å². The molecule has 2 amide bonds. The van der Waals surface area contributed by atoms with Gasteiger partial charge in [-0.3, -0.25) is 0 Å². The summed E-state index contributed by atoms with van der Waals surface area (Å²) in [5.74, 6) is 0.868. The maximum absolute atomic E-state index is 12.4. The summed E-state index contributed by atoms with van der Waals surface area (Å²) in [5.41, 5.74) is 4.30. The molecule has 10 nitrogen and oxygen atoms in total. The van der Waals surface area contributed by atoms with E-state index in [-0.39, 0.29) is 18.8 Å². The molecule has 0 aliphatic carbocycles. The third-order valence-corrected chi connectivity index (χ3v) is 7.02. The van der Waals surface area contributed by atoms with Gasteiger partial charge in [0.05, 0.1) is 11.9 Å². The van der Waals surface area contributed by atoms with Crippen molar-refractivity contribution in [1.29, 1.82) is 0 Å². The first kappa shape index (κ1) is 24.7. The zero-order valence-corrected chi connectivity index (χ0v) is 20.6. The Labute approximate surface area is 209 Å². The maximum atomic E-state index is 12.4. The number of hydrogen-bond donors (Lipinski definition) is 5. The monoisotopic (exact) mass is 515 g/mol. The highest BCUT2D eigenvalue weighted by Gasteiger charge is 2.13.